The second kappa shape index (κ2) is 12.7. The Morgan fingerprint density at radius 2 is 1.82 bits per heavy atom. The summed E-state index contributed by atoms with van der Waals surface area (Å²) in [5, 5.41) is 11.4. The molecular formula is C26H32F3N5O5S. The van der Waals surface area contributed by atoms with Crippen molar-refractivity contribution in [2.24, 2.45) is 5.73 Å². The molecule has 2 aromatic heterocycles. The van der Waals surface area contributed by atoms with Crippen LogP contribution in [0.15, 0.2) is 36.7 Å². The Labute approximate surface area is 229 Å². The molecule has 5 N–H and O–H groups in total. The van der Waals surface area contributed by atoms with Crippen LogP contribution in [0.1, 0.15) is 54.9 Å². The maximum atomic E-state index is 12.3. The van der Waals surface area contributed by atoms with Gasteiger partial charge in [0.2, 0.25) is 10.0 Å². The quantitative estimate of drug-likeness (QED) is 0.308. The average molecular weight is 584 g/mol. The number of anilines is 1. The van der Waals surface area contributed by atoms with Crippen molar-refractivity contribution in [1.82, 2.24) is 14.3 Å². The van der Waals surface area contributed by atoms with E-state index >= 15 is 0 Å². The largest absolute Gasteiger partial charge is 0.490 e. The highest BCUT2D eigenvalue weighted by molar-refractivity contribution is 7.89. The molecule has 3 aromatic rings. The average Bonchev–Trinajstić information content (AvgIpc) is 3.35. The summed E-state index contributed by atoms with van der Waals surface area (Å²) in [7, 11) is -3.18. The minimum absolute atomic E-state index is 0.122. The molecule has 1 aliphatic heterocycles. The number of fused-ring (bicyclic) bond motifs is 1. The number of aromatic amines is 1. The van der Waals surface area contributed by atoms with Gasteiger partial charge in [-0.1, -0.05) is 6.92 Å². The lowest BCUT2D eigenvalue weighted by molar-refractivity contribution is -0.192. The summed E-state index contributed by atoms with van der Waals surface area (Å²) in [6.07, 6.45) is 1.08. The number of nitrogens with one attached hydrogen (secondary N) is 2. The number of carbonyl (C=O) groups is 2. The van der Waals surface area contributed by atoms with Gasteiger partial charge in [-0.2, -0.15) is 13.2 Å². The number of primary amides is 1. The summed E-state index contributed by atoms with van der Waals surface area (Å²) in [5.41, 5.74) is 9.84. The number of sulfonamides is 1. The number of carboxylic acid groups (broad SMARTS) is 1. The first-order chi connectivity index (χ1) is 18.8. The van der Waals surface area contributed by atoms with Crippen LogP contribution in [-0.4, -0.2) is 71.2 Å². The number of amides is 1. The van der Waals surface area contributed by atoms with Crippen LogP contribution in [0.3, 0.4) is 0 Å². The van der Waals surface area contributed by atoms with Crippen LogP contribution < -0.4 is 11.1 Å². The zero-order valence-electron chi connectivity index (χ0n) is 22.1. The zero-order chi connectivity index (χ0) is 29.7. The Hall–Kier alpha value is -3.65. The van der Waals surface area contributed by atoms with Crippen molar-refractivity contribution < 1.29 is 36.3 Å². The first-order valence-electron chi connectivity index (χ1n) is 12.7. The van der Waals surface area contributed by atoms with E-state index in [1.54, 1.807) is 17.4 Å². The molecule has 14 heteroatoms. The monoisotopic (exact) mass is 583 g/mol. The fraction of sp³-hybridized carbons (Fsp3) is 0.423. The second-order valence-electron chi connectivity index (χ2n) is 9.29. The van der Waals surface area contributed by atoms with Gasteiger partial charge >= 0.3 is 12.1 Å². The highest BCUT2D eigenvalue weighted by Gasteiger charge is 2.38. The summed E-state index contributed by atoms with van der Waals surface area (Å²) in [6.45, 7) is 5.62. The lowest BCUT2D eigenvalue weighted by Gasteiger charge is -2.31. The predicted octanol–water partition coefficient (Wildman–Crippen LogP) is 4.31. The van der Waals surface area contributed by atoms with Crippen LogP contribution >= 0.6 is 0 Å². The van der Waals surface area contributed by atoms with Crippen molar-refractivity contribution in [3.05, 3.63) is 47.8 Å². The molecule has 218 valence electrons. The normalized spacial score (nSPS) is 14.9. The minimum Gasteiger partial charge on any atom is -0.475 e. The van der Waals surface area contributed by atoms with Gasteiger partial charge in [-0.15, -0.1) is 0 Å². The Morgan fingerprint density at radius 1 is 1.18 bits per heavy atom. The third-order valence-corrected chi connectivity index (χ3v) is 8.51. The molecule has 1 fully saturated rings. The molecule has 1 saturated heterocycles. The molecular weight excluding hydrogens is 551 g/mol. The molecule has 0 saturated carbocycles. The number of hydrogen-bond acceptors (Lipinski definition) is 6. The highest BCUT2D eigenvalue weighted by atomic mass is 32.2. The number of carbonyl (C=O) groups excluding carboxylic acids is 1. The lowest BCUT2D eigenvalue weighted by Crippen LogP contribution is -2.38. The third kappa shape index (κ3) is 7.30. The molecule has 1 aliphatic rings. The van der Waals surface area contributed by atoms with Gasteiger partial charge in [-0.25, -0.2) is 22.5 Å². The summed E-state index contributed by atoms with van der Waals surface area (Å²) in [4.78, 5) is 28.8. The molecule has 0 bridgehead atoms. The zero-order valence-corrected chi connectivity index (χ0v) is 22.9. The first-order valence-corrected chi connectivity index (χ1v) is 14.3. The molecule has 4 rings (SSSR count). The number of rotatable bonds is 8. The number of nitrogens with two attached hydrogens (primary N) is 1. The van der Waals surface area contributed by atoms with Gasteiger partial charge in [0.15, 0.2) is 0 Å². The number of halogens is 3. The maximum absolute atomic E-state index is 12.3. The Kier molecular flexibility index (Phi) is 9.79. The van der Waals surface area contributed by atoms with Crippen LogP contribution in [0.25, 0.3) is 22.0 Å². The molecule has 3 heterocycles. The van der Waals surface area contributed by atoms with Crippen LogP contribution in [0.5, 0.6) is 0 Å². The van der Waals surface area contributed by atoms with Crippen molar-refractivity contribution in [2.75, 3.05) is 30.7 Å². The molecule has 0 unspecified atom stereocenters. The maximum Gasteiger partial charge on any atom is 0.490 e. The molecule has 10 nitrogen and oxygen atoms in total. The van der Waals surface area contributed by atoms with Crippen LogP contribution in [0, 0.1) is 0 Å². The van der Waals surface area contributed by atoms with Gasteiger partial charge in [0.05, 0.1) is 16.8 Å². The lowest BCUT2D eigenvalue weighted by atomic mass is 9.88. The molecule has 0 aliphatic carbocycles. The third-order valence-electron chi connectivity index (χ3n) is 6.63. The van der Waals surface area contributed by atoms with Crippen molar-refractivity contribution >= 4 is 38.6 Å². The Bertz CT molecular complexity index is 1470. The number of H-pyrrole nitrogens is 1. The molecule has 0 spiro atoms. The number of nitrogens with zero attached hydrogens (tertiary/aromatic N) is 2. The van der Waals surface area contributed by atoms with Gasteiger partial charge in [0.1, 0.15) is 5.82 Å². The molecule has 40 heavy (non-hydrogen) atoms. The highest BCUT2D eigenvalue weighted by Crippen LogP contribution is 2.37. The van der Waals surface area contributed by atoms with Crippen LogP contribution in [-0.2, 0) is 14.8 Å². The molecule has 0 atom stereocenters. The van der Waals surface area contributed by atoms with Gasteiger partial charge in [-0.3, -0.25) is 4.79 Å². The number of benzene rings is 1. The summed E-state index contributed by atoms with van der Waals surface area (Å²) in [5.74, 6) is -2.13. The van der Waals surface area contributed by atoms with Gasteiger partial charge in [-0.05, 0) is 73.1 Å². The van der Waals surface area contributed by atoms with Crippen LogP contribution in [0.2, 0.25) is 0 Å². The fourth-order valence-electron chi connectivity index (χ4n) is 4.54. The van der Waals surface area contributed by atoms with Gasteiger partial charge in [0, 0.05) is 37.4 Å². The van der Waals surface area contributed by atoms with E-state index in [-0.39, 0.29) is 11.7 Å². The number of aromatic nitrogens is 2. The van der Waals surface area contributed by atoms with E-state index in [0.717, 1.165) is 59.2 Å². The molecule has 0 radical (unpaired) electrons. The summed E-state index contributed by atoms with van der Waals surface area (Å²) in [6, 6.07) is 7.80. The fourth-order valence-corrected chi connectivity index (χ4v) is 5.67. The number of piperidine rings is 1. The smallest absolute Gasteiger partial charge is 0.475 e. The van der Waals surface area contributed by atoms with Crippen molar-refractivity contribution in [1.29, 1.82) is 0 Å². The van der Waals surface area contributed by atoms with Crippen molar-refractivity contribution in [2.45, 2.75) is 45.2 Å². The SMILES string of the molecule is CCCNc1cc(-c2cc(C(N)=O)c3[nH]cc(C4CCN(S(=O)(=O)CC)CC4)c3c2)ccn1.O=C(O)C(F)(F)F. The number of hydrogen-bond donors (Lipinski definition) is 4. The number of aliphatic carboxylic acids is 1. The van der Waals surface area contributed by atoms with Crippen molar-refractivity contribution in [3.8, 4) is 11.1 Å². The molecule has 1 aromatic carbocycles. The first kappa shape index (κ1) is 30.9. The minimum atomic E-state index is -5.08. The standard InChI is InChI=1S/C24H31N5O3S.C2HF3O2/c1-3-8-26-22-14-17(5-9-27-22)18-12-19-21(15-28-23(19)20(13-18)24(25)30)16-6-10-29(11-7-16)33(31,32)4-2;3-2(4,5)1(6)7/h5,9,12-16,28H,3-4,6-8,10-11H2,1-2H3,(H2,25,30)(H,26,27);(H,6,7). The van der Waals surface area contributed by atoms with E-state index < -0.39 is 28.1 Å². The second-order valence-corrected chi connectivity index (χ2v) is 11.5. The number of carboxylic acids is 1. The summed E-state index contributed by atoms with van der Waals surface area (Å²) < 4.78 is 57.8. The summed E-state index contributed by atoms with van der Waals surface area (Å²) >= 11 is 0. The topological polar surface area (TPSA) is 158 Å². The number of pyridine rings is 1. The van der Waals surface area contributed by atoms with Crippen molar-refractivity contribution in [3.63, 3.8) is 0 Å². The van der Waals surface area contributed by atoms with Crippen LogP contribution in [0.4, 0.5) is 19.0 Å². The van der Waals surface area contributed by atoms with E-state index in [4.69, 9.17) is 15.6 Å². The van der Waals surface area contributed by atoms with E-state index in [0.29, 0.717) is 18.7 Å². The number of alkyl halides is 3. The van der Waals surface area contributed by atoms with E-state index in [1.807, 2.05) is 24.4 Å². The Morgan fingerprint density at radius 3 is 2.38 bits per heavy atom. The van der Waals surface area contributed by atoms with E-state index in [1.165, 1.54) is 0 Å². The Balaban J connectivity index is 0.000000559. The van der Waals surface area contributed by atoms with Gasteiger partial charge in [0.25, 0.3) is 5.91 Å². The molecule has 1 amide bonds. The van der Waals surface area contributed by atoms with Gasteiger partial charge < -0.3 is 21.1 Å². The van der Waals surface area contributed by atoms with E-state index in [2.05, 4.69) is 28.3 Å². The van der Waals surface area contributed by atoms with E-state index in [9.17, 15) is 26.4 Å². The predicted molar refractivity (Wildman–Crippen MR) is 146 cm³/mol.